The van der Waals surface area contributed by atoms with Crippen molar-refractivity contribution in [2.75, 3.05) is 10.0 Å². The van der Waals surface area contributed by atoms with Gasteiger partial charge in [-0.15, -0.1) is 0 Å². The van der Waals surface area contributed by atoms with Crippen LogP contribution in [0.25, 0.3) is 0 Å². The average Bonchev–Trinajstić information content (AvgIpc) is 2.84. The molecule has 0 radical (unpaired) electrons. The molecule has 0 atom stereocenters. The van der Waals surface area contributed by atoms with Gasteiger partial charge in [-0.1, -0.05) is 54.1 Å². The number of anilines is 2. The molecule has 1 heterocycles. The Balaban J connectivity index is 1.37. The number of hydrogen-bond donors (Lipinski definition) is 2. The fourth-order valence-corrected chi connectivity index (χ4v) is 5.02. The van der Waals surface area contributed by atoms with Crippen molar-refractivity contribution in [3.63, 3.8) is 0 Å². The Hall–Kier alpha value is -4.10. The highest BCUT2D eigenvalue weighted by atomic mass is 32.2. The molecule has 4 aromatic rings. The van der Waals surface area contributed by atoms with E-state index in [2.05, 4.69) is 10.0 Å². The molecule has 0 saturated carbocycles. The highest BCUT2D eigenvalue weighted by molar-refractivity contribution is 7.92. The van der Waals surface area contributed by atoms with Crippen LogP contribution in [0.2, 0.25) is 0 Å². The number of rotatable bonds is 5. The lowest BCUT2D eigenvalue weighted by Crippen LogP contribution is -2.25. The Morgan fingerprint density at radius 3 is 1.85 bits per heavy atom. The topological polar surface area (TPSA) is 84.5 Å². The molecule has 0 fully saturated rings. The highest BCUT2D eigenvalue weighted by Crippen LogP contribution is 2.44. The molecule has 0 bridgehead atoms. The summed E-state index contributed by atoms with van der Waals surface area (Å²) in [5, 5.41) is 2.92. The molecule has 1 aliphatic heterocycles. The van der Waals surface area contributed by atoms with Gasteiger partial charge in [0, 0.05) is 22.5 Å². The molecule has 34 heavy (non-hydrogen) atoms. The van der Waals surface area contributed by atoms with Crippen LogP contribution in [0.3, 0.4) is 0 Å². The van der Waals surface area contributed by atoms with Crippen molar-refractivity contribution in [2.45, 2.75) is 17.7 Å². The van der Waals surface area contributed by atoms with Crippen LogP contribution in [0.4, 0.5) is 11.4 Å². The molecule has 5 rings (SSSR count). The van der Waals surface area contributed by atoms with Gasteiger partial charge in [0.1, 0.15) is 11.5 Å². The average molecular weight is 471 g/mol. The predicted octanol–water partition coefficient (Wildman–Crippen LogP) is 5.67. The molecule has 4 aromatic carbocycles. The van der Waals surface area contributed by atoms with Crippen LogP contribution in [0.1, 0.15) is 22.6 Å². The van der Waals surface area contributed by atoms with E-state index in [1.807, 2.05) is 67.6 Å². The summed E-state index contributed by atoms with van der Waals surface area (Å²) in [7, 11) is -3.75. The Kier molecular flexibility index (Phi) is 5.55. The minimum atomic E-state index is -3.75. The Morgan fingerprint density at radius 2 is 1.26 bits per heavy atom. The highest BCUT2D eigenvalue weighted by Gasteiger charge is 2.32. The van der Waals surface area contributed by atoms with Gasteiger partial charge in [0.2, 0.25) is 5.91 Å². The molecule has 170 valence electrons. The smallest absolute Gasteiger partial charge is 0.261 e. The summed E-state index contributed by atoms with van der Waals surface area (Å²) in [4.78, 5) is 13.5. The number of aryl methyl sites for hydroxylation is 1. The Labute approximate surface area is 198 Å². The maximum absolute atomic E-state index is 13.3. The second-order valence-corrected chi connectivity index (χ2v) is 9.78. The Bertz CT molecular complexity index is 1420. The van der Waals surface area contributed by atoms with E-state index < -0.39 is 15.9 Å². The Morgan fingerprint density at radius 1 is 0.735 bits per heavy atom. The first-order valence-electron chi connectivity index (χ1n) is 10.8. The van der Waals surface area contributed by atoms with E-state index in [-0.39, 0.29) is 10.8 Å². The summed E-state index contributed by atoms with van der Waals surface area (Å²) in [6, 6.07) is 28.1. The normalized spacial score (nSPS) is 12.7. The minimum Gasteiger partial charge on any atom is -0.457 e. The van der Waals surface area contributed by atoms with Gasteiger partial charge in [-0.3, -0.25) is 9.52 Å². The lowest BCUT2D eigenvalue weighted by Gasteiger charge is -2.27. The van der Waals surface area contributed by atoms with E-state index in [1.165, 1.54) is 12.1 Å². The quantitative estimate of drug-likeness (QED) is 0.393. The third-order valence-corrected chi connectivity index (χ3v) is 7.08. The summed E-state index contributed by atoms with van der Waals surface area (Å²) in [5.41, 5.74) is 3.58. The molecule has 1 amide bonds. The third kappa shape index (κ3) is 4.25. The molecule has 0 saturated heterocycles. The van der Waals surface area contributed by atoms with E-state index in [4.69, 9.17) is 4.74 Å². The van der Waals surface area contributed by atoms with Gasteiger partial charge in [-0.05, 0) is 55.5 Å². The molecular weight excluding hydrogens is 448 g/mol. The van der Waals surface area contributed by atoms with Crippen LogP contribution in [0.5, 0.6) is 11.5 Å². The number of benzene rings is 4. The lowest BCUT2D eigenvalue weighted by atomic mass is 9.87. The number of carbonyl (C=O) groups excluding carboxylic acids is 1. The zero-order valence-corrected chi connectivity index (χ0v) is 19.2. The number of hydrogen-bond acceptors (Lipinski definition) is 4. The SMILES string of the molecule is Cc1ccc(NS(=O)(=O)c2ccc(NC(=O)C3c4ccccc4Oc4ccccc43)cc2)cc1. The second kappa shape index (κ2) is 8.68. The van der Waals surface area contributed by atoms with E-state index in [0.717, 1.165) is 16.7 Å². The van der Waals surface area contributed by atoms with Crippen molar-refractivity contribution in [3.8, 4) is 11.5 Å². The van der Waals surface area contributed by atoms with Crippen molar-refractivity contribution in [3.05, 3.63) is 114 Å². The van der Waals surface area contributed by atoms with Crippen LogP contribution < -0.4 is 14.8 Å². The first-order valence-corrected chi connectivity index (χ1v) is 12.3. The van der Waals surface area contributed by atoms with Crippen molar-refractivity contribution in [1.29, 1.82) is 0 Å². The molecule has 2 N–H and O–H groups in total. The van der Waals surface area contributed by atoms with Crippen LogP contribution in [0, 0.1) is 6.92 Å². The first-order chi connectivity index (χ1) is 16.4. The number of nitrogens with one attached hydrogen (secondary N) is 2. The fourth-order valence-electron chi connectivity index (χ4n) is 3.96. The van der Waals surface area contributed by atoms with Gasteiger partial charge in [-0.25, -0.2) is 8.42 Å². The summed E-state index contributed by atoms with van der Waals surface area (Å²) < 4.78 is 34.0. The first kappa shape index (κ1) is 21.7. The molecule has 6 nitrogen and oxygen atoms in total. The molecule has 7 heteroatoms. The summed E-state index contributed by atoms with van der Waals surface area (Å²) >= 11 is 0. The van der Waals surface area contributed by atoms with Crippen molar-refractivity contribution >= 4 is 27.3 Å². The summed E-state index contributed by atoms with van der Waals surface area (Å²) in [6.07, 6.45) is 0. The monoisotopic (exact) mass is 470 g/mol. The maximum Gasteiger partial charge on any atom is 0.261 e. The standard InChI is InChI=1S/C27H22N2O4S/c1-18-10-12-20(13-11-18)29-34(31,32)21-16-14-19(15-17-21)28-27(30)26-22-6-2-4-8-24(22)33-25-9-5-3-7-23(25)26/h2-17,26,29H,1H3,(H,28,30). The molecule has 0 aromatic heterocycles. The molecular formula is C27H22N2O4S. The van der Waals surface area contributed by atoms with Crippen LogP contribution in [-0.2, 0) is 14.8 Å². The van der Waals surface area contributed by atoms with Crippen LogP contribution >= 0.6 is 0 Å². The maximum atomic E-state index is 13.3. The number of fused-ring (bicyclic) bond motifs is 2. The van der Waals surface area contributed by atoms with E-state index in [0.29, 0.717) is 22.9 Å². The zero-order chi connectivity index (χ0) is 23.7. The van der Waals surface area contributed by atoms with Crippen molar-refractivity contribution in [1.82, 2.24) is 0 Å². The van der Waals surface area contributed by atoms with Gasteiger partial charge in [-0.2, -0.15) is 0 Å². The fraction of sp³-hybridized carbons (Fsp3) is 0.0741. The van der Waals surface area contributed by atoms with Crippen LogP contribution in [-0.4, -0.2) is 14.3 Å². The number of ether oxygens (including phenoxy) is 1. The lowest BCUT2D eigenvalue weighted by molar-refractivity contribution is -0.116. The number of sulfonamides is 1. The number of para-hydroxylation sites is 2. The summed E-state index contributed by atoms with van der Waals surface area (Å²) in [6.45, 7) is 1.93. The van der Waals surface area contributed by atoms with E-state index in [9.17, 15) is 13.2 Å². The summed E-state index contributed by atoms with van der Waals surface area (Å²) in [5.74, 6) is 0.513. The van der Waals surface area contributed by atoms with E-state index in [1.54, 1.807) is 24.3 Å². The van der Waals surface area contributed by atoms with Gasteiger partial charge >= 0.3 is 0 Å². The van der Waals surface area contributed by atoms with Crippen molar-refractivity contribution < 1.29 is 17.9 Å². The van der Waals surface area contributed by atoms with Gasteiger partial charge in [0.25, 0.3) is 10.0 Å². The van der Waals surface area contributed by atoms with E-state index >= 15 is 0 Å². The predicted molar refractivity (Wildman–Crippen MR) is 132 cm³/mol. The molecule has 0 spiro atoms. The van der Waals surface area contributed by atoms with Gasteiger partial charge in [0.15, 0.2) is 0 Å². The minimum absolute atomic E-state index is 0.104. The third-order valence-electron chi connectivity index (χ3n) is 5.68. The molecule has 0 aliphatic carbocycles. The number of amides is 1. The largest absolute Gasteiger partial charge is 0.457 e. The molecule has 1 aliphatic rings. The van der Waals surface area contributed by atoms with Crippen LogP contribution in [0.15, 0.2) is 102 Å². The van der Waals surface area contributed by atoms with Gasteiger partial charge < -0.3 is 10.1 Å². The van der Waals surface area contributed by atoms with Crippen molar-refractivity contribution in [2.24, 2.45) is 0 Å². The second-order valence-electron chi connectivity index (χ2n) is 8.10. The van der Waals surface area contributed by atoms with Gasteiger partial charge in [0.05, 0.1) is 10.8 Å². The zero-order valence-electron chi connectivity index (χ0n) is 18.4. The molecule has 0 unspecified atom stereocenters. The number of carbonyl (C=O) groups is 1.